The fourth-order valence-corrected chi connectivity index (χ4v) is 8.03. The number of guanidine groups is 1. The van der Waals surface area contributed by atoms with Gasteiger partial charge in [0.25, 0.3) is 0 Å². The van der Waals surface area contributed by atoms with Crippen molar-refractivity contribution >= 4 is 27.5 Å². The Morgan fingerprint density at radius 2 is 1.88 bits per heavy atom. The average molecular weight is 626 g/mol. The highest BCUT2D eigenvalue weighted by molar-refractivity contribution is 7.89. The van der Waals surface area contributed by atoms with Gasteiger partial charge in [0.15, 0.2) is 0 Å². The molecule has 1 unspecified atom stereocenters. The molecule has 4 aliphatic rings. The molecule has 2 aromatic rings. The zero-order chi connectivity index (χ0) is 30.4. The monoisotopic (exact) mass is 625 g/mol. The fraction of sp³-hybridized carbons (Fsp3) is 0.607. The number of H-pyrrole nitrogens is 1. The maximum atomic E-state index is 13.9. The number of fused-ring (bicyclic) bond motifs is 1. The molecule has 1 aromatic carbocycles. The van der Waals surface area contributed by atoms with Crippen LogP contribution in [0.4, 0.5) is 24.7 Å². The summed E-state index contributed by atoms with van der Waals surface area (Å²) >= 11 is 0. The normalized spacial score (nSPS) is 24.5. The van der Waals surface area contributed by atoms with Crippen LogP contribution in [0.3, 0.4) is 0 Å². The van der Waals surface area contributed by atoms with Crippen molar-refractivity contribution in [1.82, 2.24) is 14.2 Å². The molecular formula is C28H38F3N7O4S. The molecule has 3 aliphatic heterocycles. The summed E-state index contributed by atoms with van der Waals surface area (Å²) in [6.45, 7) is 3.98. The zero-order valence-corrected chi connectivity index (χ0v) is 24.9. The van der Waals surface area contributed by atoms with Gasteiger partial charge in [-0.15, -0.1) is 0 Å². The molecule has 236 valence electrons. The number of morpholine rings is 1. The molecule has 2 saturated heterocycles. The van der Waals surface area contributed by atoms with E-state index in [4.69, 9.17) is 15.2 Å². The van der Waals surface area contributed by atoms with Crippen molar-refractivity contribution in [2.24, 2.45) is 16.6 Å². The molecule has 1 aliphatic carbocycles. The number of methoxy groups -OCH3 is 1. The predicted molar refractivity (Wildman–Crippen MR) is 155 cm³/mol. The number of ether oxygens (including phenoxy) is 2. The first-order chi connectivity index (χ1) is 20.5. The summed E-state index contributed by atoms with van der Waals surface area (Å²) in [5, 5.41) is 5.95. The van der Waals surface area contributed by atoms with Crippen molar-refractivity contribution in [2.45, 2.75) is 61.3 Å². The van der Waals surface area contributed by atoms with Crippen molar-refractivity contribution < 1.29 is 31.1 Å². The number of sulfonamides is 1. The molecule has 1 saturated carbocycles. The molecule has 0 radical (unpaired) electrons. The van der Waals surface area contributed by atoms with E-state index in [9.17, 15) is 21.6 Å². The first-order valence-electron chi connectivity index (χ1n) is 14.7. The van der Waals surface area contributed by atoms with Crippen molar-refractivity contribution in [2.75, 3.05) is 57.1 Å². The Kier molecular flexibility index (Phi) is 8.13. The van der Waals surface area contributed by atoms with Crippen LogP contribution in [-0.2, 0) is 26.6 Å². The molecule has 15 heteroatoms. The topological polar surface area (TPSA) is 137 Å². The summed E-state index contributed by atoms with van der Waals surface area (Å²) < 4.78 is 81.2. The van der Waals surface area contributed by atoms with Gasteiger partial charge < -0.3 is 30.8 Å². The van der Waals surface area contributed by atoms with Gasteiger partial charge in [-0.2, -0.15) is 17.5 Å². The van der Waals surface area contributed by atoms with Crippen LogP contribution in [-0.4, -0.2) is 81.1 Å². The van der Waals surface area contributed by atoms with Gasteiger partial charge in [-0.05, 0) is 37.3 Å². The number of alkyl halides is 3. The third kappa shape index (κ3) is 5.97. The second kappa shape index (κ2) is 11.6. The van der Waals surface area contributed by atoms with Crippen molar-refractivity contribution in [3.05, 3.63) is 35.5 Å². The highest BCUT2D eigenvalue weighted by Gasteiger charge is 2.47. The smallest absolute Gasteiger partial charge is 0.418 e. The Morgan fingerprint density at radius 3 is 2.51 bits per heavy atom. The molecule has 1 atom stereocenters. The van der Waals surface area contributed by atoms with Crippen LogP contribution in [0.5, 0.6) is 5.75 Å². The van der Waals surface area contributed by atoms with Crippen LogP contribution in [0.25, 0.3) is 0 Å². The number of benzene rings is 1. The van der Waals surface area contributed by atoms with E-state index >= 15 is 0 Å². The van der Waals surface area contributed by atoms with Gasteiger partial charge in [0, 0.05) is 50.0 Å². The number of hydrogen-bond acceptors (Lipinski definition) is 9. The van der Waals surface area contributed by atoms with Crippen LogP contribution < -0.4 is 21.1 Å². The second-order valence-corrected chi connectivity index (χ2v) is 13.7. The number of rotatable bonds is 7. The fourth-order valence-electron chi connectivity index (χ4n) is 6.54. The Bertz CT molecular complexity index is 1460. The summed E-state index contributed by atoms with van der Waals surface area (Å²) in [4.78, 5) is 9.69. The van der Waals surface area contributed by atoms with Gasteiger partial charge in [0.05, 0.1) is 36.5 Å². The number of aromatic amines is 1. The van der Waals surface area contributed by atoms with E-state index < -0.39 is 27.4 Å². The summed E-state index contributed by atoms with van der Waals surface area (Å²) in [6, 6.07) is 4.84. The maximum Gasteiger partial charge on any atom is 0.418 e. The number of aromatic nitrogens is 1. The number of piperidine rings is 1. The molecule has 3 fully saturated rings. The molecule has 1 aromatic heterocycles. The minimum atomic E-state index is -4.60. The quantitative estimate of drug-likeness (QED) is 0.366. The molecule has 6 rings (SSSR count). The number of anilines is 2. The highest BCUT2D eigenvalue weighted by Crippen LogP contribution is 2.47. The number of nitrogens with two attached hydrogens (primary N) is 1. The first-order valence-corrected chi connectivity index (χ1v) is 16.1. The van der Waals surface area contributed by atoms with E-state index in [0.717, 1.165) is 51.4 Å². The molecular weight excluding hydrogens is 587 g/mol. The summed E-state index contributed by atoms with van der Waals surface area (Å²) in [6.07, 6.45) is 0.866. The Labute approximate surface area is 249 Å². The number of nitrogens with zero attached hydrogens (tertiary/aromatic N) is 3. The molecule has 4 heterocycles. The SMILES string of the molecule is COc1cc(S(=O)(=O)N2CCC(N3CCOCC3)CC2)ccc1NC1=NC(N)(CC2CCC2)c2c(C(F)(F)F)c[nH]c2N1. The molecule has 43 heavy (non-hydrogen) atoms. The van der Waals surface area contributed by atoms with Gasteiger partial charge >= 0.3 is 6.18 Å². The maximum absolute atomic E-state index is 13.9. The Balaban J connectivity index is 1.21. The van der Waals surface area contributed by atoms with Gasteiger partial charge in [0.1, 0.15) is 17.2 Å². The second-order valence-electron chi connectivity index (χ2n) is 11.7. The van der Waals surface area contributed by atoms with Crippen LogP contribution in [0.2, 0.25) is 0 Å². The first kappa shape index (κ1) is 30.2. The van der Waals surface area contributed by atoms with Gasteiger partial charge in [-0.1, -0.05) is 19.3 Å². The van der Waals surface area contributed by atoms with Crippen molar-refractivity contribution in [3.63, 3.8) is 0 Å². The number of aliphatic imine (C=N–C) groups is 1. The molecule has 0 spiro atoms. The van der Waals surface area contributed by atoms with Gasteiger partial charge in [0.2, 0.25) is 16.0 Å². The van der Waals surface area contributed by atoms with E-state index in [-0.39, 0.29) is 40.3 Å². The summed E-state index contributed by atoms with van der Waals surface area (Å²) in [5.74, 6) is 0.660. The van der Waals surface area contributed by atoms with Crippen LogP contribution in [0.1, 0.15) is 49.7 Å². The average Bonchev–Trinajstić information content (AvgIpc) is 3.42. The minimum Gasteiger partial charge on any atom is -0.495 e. The lowest BCUT2D eigenvalue weighted by molar-refractivity contribution is -0.138. The standard InChI is InChI=1S/C28H38F3N7O4S/c1-41-23-15-20(43(39,40)38-9-7-19(8-10-38)37-11-13-42-14-12-37)5-6-22(23)34-26-35-25-24(21(17-33-25)28(29,30)31)27(32,36-26)16-18-3-2-4-18/h5-6,15,17-19,33H,2-4,7-14,16,32H2,1H3,(H2,34,35,36). The molecule has 5 N–H and O–H groups in total. The van der Waals surface area contributed by atoms with Crippen LogP contribution in [0, 0.1) is 5.92 Å². The molecule has 0 amide bonds. The molecule has 0 bridgehead atoms. The van der Waals surface area contributed by atoms with Gasteiger partial charge in [-0.3, -0.25) is 4.90 Å². The number of nitrogens with one attached hydrogen (secondary N) is 3. The lowest BCUT2D eigenvalue weighted by Crippen LogP contribution is -2.50. The van der Waals surface area contributed by atoms with E-state index in [1.54, 1.807) is 6.07 Å². The lowest BCUT2D eigenvalue weighted by Gasteiger charge is -2.39. The van der Waals surface area contributed by atoms with Crippen LogP contribution in [0.15, 0.2) is 34.3 Å². The van der Waals surface area contributed by atoms with Crippen molar-refractivity contribution in [1.29, 1.82) is 0 Å². The van der Waals surface area contributed by atoms with E-state index in [2.05, 4.69) is 25.5 Å². The number of hydrogen-bond donors (Lipinski definition) is 4. The van der Waals surface area contributed by atoms with Crippen LogP contribution >= 0.6 is 0 Å². The largest absolute Gasteiger partial charge is 0.495 e. The minimum absolute atomic E-state index is 0.0953. The number of halogens is 3. The van der Waals surface area contributed by atoms with Crippen molar-refractivity contribution in [3.8, 4) is 5.75 Å². The van der Waals surface area contributed by atoms with E-state index in [1.807, 2.05) is 0 Å². The van der Waals surface area contributed by atoms with E-state index in [0.29, 0.717) is 38.0 Å². The highest BCUT2D eigenvalue weighted by atomic mass is 32.2. The third-order valence-electron chi connectivity index (χ3n) is 9.05. The van der Waals surface area contributed by atoms with Gasteiger partial charge in [-0.25, -0.2) is 13.4 Å². The Morgan fingerprint density at radius 1 is 1.16 bits per heavy atom. The Hall–Kier alpha value is -2.85. The molecule has 11 nitrogen and oxygen atoms in total. The third-order valence-corrected chi connectivity index (χ3v) is 10.9. The summed E-state index contributed by atoms with van der Waals surface area (Å²) in [7, 11) is -2.35. The summed E-state index contributed by atoms with van der Waals surface area (Å²) in [5.41, 5.74) is 4.47. The lowest BCUT2D eigenvalue weighted by atomic mass is 9.77. The van der Waals surface area contributed by atoms with E-state index in [1.165, 1.54) is 23.5 Å². The predicted octanol–water partition coefficient (Wildman–Crippen LogP) is 3.72. The zero-order valence-electron chi connectivity index (χ0n) is 24.0.